The van der Waals surface area contributed by atoms with Gasteiger partial charge in [-0.3, -0.25) is 9.59 Å². The molecule has 0 unspecified atom stereocenters. The molecule has 1 atom stereocenters. The Labute approximate surface area is 105 Å². The van der Waals surface area contributed by atoms with Crippen molar-refractivity contribution in [1.29, 1.82) is 0 Å². The number of carbonyl (C=O) groups excluding carboxylic acids is 3. The molecule has 7 nitrogen and oxygen atoms in total. The summed E-state index contributed by atoms with van der Waals surface area (Å²) in [6, 6.07) is -0.419. The lowest BCUT2D eigenvalue weighted by molar-refractivity contribution is -0.145. The van der Waals surface area contributed by atoms with Crippen molar-refractivity contribution in [3.8, 4) is 0 Å². The minimum Gasteiger partial charge on any atom is -0.463 e. The fourth-order valence-corrected chi connectivity index (χ4v) is 1.73. The van der Waals surface area contributed by atoms with Gasteiger partial charge >= 0.3 is 12.1 Å². The maximum atomic E-state index is 11.6. The number of ether oxygens (including phenoxy) is 2. The predicted molar refractivity (Wildman–Crippen MR) is 61.8 cm³/mol. The van der Waals surface area contributed by atoms with E-state index >= 15 is 0 Å². The number of likely N-dealkylation sites (N-methyl/N-ethyl adjacent to an activating group) is 1. The van der Waals surface area contributed by atoms with Crippen LogP contribution in [0.3, 0.4) is 0 Å². The summed E-state index contributed by atoms with van der Waals surface area (Å²) in [5.41, 5.74) is 0. The van der Waals surface area contributed by atoms with E-state index in [0.717, 1.165) is 4.90 Å². The Balaban J connectivity index is 2.50. The minimum atomic E-state index is -0.672. The van der Waals surface area contributed by atoms with Crippen LogP contribution >= 0.6 is 0 Å². The molecular formula is C11H18N2O5. The van der Waals surface area contributed by atoms with Gasteiger partial charge in [0.25, 0.3) is 0 Å². The number of hydrogen-bond donors (Lipinski definition) is 1. The van der Waals surface area contributed by atoms with Crippen molar-refractivity contribution in [2.75, 3.05) is 26.8 Å². The summed E-state index contributed by atoms with van der Waals surface area (Å²) >= 11 is 0. The first-order valence-electron chi connectivity index (χ1n) is 5.89. The van der Waals surface area contributed by atoms with Crippen LogP contribution in [0.1, 0.15) is 19.8 Å². The highest BCUT2D eigenvalue weighted by molar-refractivity contribution is 5.94. The van der Waals surface area contributed by atoms with Gasteiger partial charge in [0.15, 0.2) is 0 Å². The lowest BCUT2D eigenvalue weighted by Gasteiger charge is -2.21. The van der Waals surface area contributed by atoms with Gasteiger partial charge in [-0.1, -0.05) is 0 Å². The minimum absolute atomic E-state index is 0.0189. The molecule has 1 aliphatic heterocycles. The van der Waals surface area contributed by atoms with Crippen molar-refractivity contribution in [2.45, 2.75) is 25.8 Å². The first-order valence-corrected chi connectivity index (χ1v) is 5.89. The Morgan fingerprint density at radius 2 is 2.17 bits per heavy atom. The number of hydrogen-bond acceptors (Lipinski definition) is 6. The lowest BCUT2D eigenvalue weighted by atomic mass is 10.2. The normalized spacial score (nSPS) is 18.9. The van der Waals surface area contributed by atoms with E-state index in [0.29, 0.717) is 6.42 Å². The summed E-state index contributed by atoms with van der Waals surface area (Å²) in [4.78, 5) is 35.3. The molecule has 2 amide bonds. The third-order valence-electron chi connectivity index (χ3n) is 2.55. The number of nitrogens with one attached hydrogen (secondary N) is 1. The van der Waals surface area contributed by atoms with E-state index in [-0.39, 0.29) is 32.1 Å². The summed E-state index contributed by atoms with van der Waals surface area (Å²) < 4.78 is 9.76. The molecule has 0 saturated carbocycles. The van der Waals surface area contributed by atoms with Gasteiger partial charge in [0.1, 0.15) is 6.61 Å². The highest BCUT2D eigenvalue weighted by Crippen LogP contribution is 2.20. The first-order chi connectivity index (χ1) is 8.60. The molecule has 102 valence electrons. The van der Waals surface area contributed by atoms with Crippen molar-refractivity contribution >= 4 is 18.0 Å². The Morgan fingerprint density at radius 1 is 1.44 bits per heavy atom. The molecule has 0 aromatic carbocycles. The number of amides is 2. The average molecular weight is 258 g/mol. The number of rotatable bonds is 5. The van der Waals surface area contributed by atoms with Crippen LogP contribution in [0.2, 0.25) is 0 Å². The molecule has 1 rings (SSSR count). The number of imide groups is 1. The van der Waals surface area contributed by atoms with Crippen molar-refractivity contribution in [2.24, 2.45) is 0 Å². The zero-order valence-electron chi connectivity index (χ0n) is 10.6. The van der Waals surface area contributed by atoms with Gasteiger partial charge < -0.3 is 14.8 Å². The van der Waals surface area contributed by atoms with Gasteiger partial charge in [-0.15, -0.1) is 0 Å². The maximum Gasteiger partial charge on any atom is 0.416 e. The van der Waals surface area contributed by atoms with Crippen LogP contribution in [0, 0.1) is 0 Å². The fraction of sp³-hybridized carbons (Fsp3) is 0.727. The van der Waals surface area contributed by atoms with Gasteiger partial charge in [-0.25, -0.2) is 9.69 Å². The number of nitrogens with zero attached hydrogens (tertiary/aromatic N) is 1. The van der Waals surface area contributed by atoms with Crippen LogP contribution in [-0.2, 0) is 19.1 Å². The molecule has 1 fully saturated rings. The smallest absolute Gasteiger partial charge is 0.416 e. The van der Waals surface area contributed by atoms with Gasteiger partial charge in [-0.05, 0) is 20.4 Å². The van der Waals surface area contributed by atoms with Crippen LogP contribution in [0.4, 0.5) is 4.79 Å². The van der Waals surface area contributed by atoms with Crippen LogP contribution in [0.25, 0.3) is 0 Å². The van der Waals surface area contributed by atoms with Crippen LogP contribution in [-0.4, -0.2) is 55.7 Å². The Kier molecular flexibility index (Phi) is 5.57. The molecule has 18 heavy (non-hydrogen) atoms. The predicted octanol–water partition coefficient (Wildman–Crippen LogP) is -0.103. The summed E-state index contributed by atoms with van der Waals surface area (Å²) in [6.07, 6.45) is 0.0898. The van der Waals surface area contributed by atoms with E-state index < -0.39 is 18.1 Å². The van der Waals surface area contributed by atoms with E-state index in [9.17, 15) is 14.4 Å². The second-order valence-electron chi connectivity index (χ2n) is 3.87. The van der Waals surface area contributed by atoms with Crippen molar-refractivity contribution < 1.29 is 23.9 Å². The van der Waals surface area contributed by atoms with Gasteiger partial charge in [0.05, 0.1) is 19.2 Å². The molecule has 0 aromatic rings. The van der Waals surface area contributed by atoms with Gasteiger partial charge in [-0.2, -0.15) is 0 Å². The Bertz CT molecular complexity index is 331. The van der Waals surface area contributed by atoms with E-state index in [1.165, 1.54) is 0 Å². The first kappa shape index (κ1) is 14.4. The third kappa shape index (κ3) is 3.69. The summed E-state index contributed by atoms with van der Waals surface area (Å²) in [5.74, 6) is -0.705. The second kappa shape index (κ2) is 6.95. The monoisotopic (exact) mass is 258 g/mol. The van der Waals surface area contributed by atoms with Crippen LogP contribution in [0.5, 0.6) is 0 Å². The standard InChI is InChI=1S/C11H18N2O5/c1-3-17-11(16)13-8(4-5-9(13)14)7-18-10(15)6-12-2/h8,12H,3-7H2,1-2H3/t8-/m0/s1. The molecular weight excluding hydrogens is 240 g/mol. The quantitative estimate of drug-likeness (QED) is 0.693. The molecule has 0 bridgehead atoms. The molecule has 1 N–H and O–H groups in total. The molecule has 1 aliphatic rings. The van der Waals surface area contributed by atoms with Crippen LogP contribution in [0.15, 0.2) is 0 Å². The van der Waals surface area contributed by atoms with Gasteiger partial charge in [0, 0.05) is 6.42 Å². The van der Waals surface area contributed by atoms with Crippen LogP contribution < -0.4 is 5.32 Å². The zero-order valence-corrected chi connectivity index (χ0v) is 10.6. The number of esters is 1. The molecule has 7 heteroatoms. The van der Waals surface area contributed by atoms with Crippen molar-refractivity contribution in [3.63, 3.8) is 0 Å². The largest absolute Gasteiger partial charge is 0.463 e. The van der Waals surface area contributed by atoms with E-state index in [2.05, 4.69) is 5.32 Å². The van der Waals surface area contributed by atoms with E-state index in [4.69, 9.17) is 9.47 Å². The summed E-state index contributed by atoms with van der Waals surface area (Å²) in [7, 11) is 1.63. The molecule has 0 aliphatic carbocycles. The summed E-state index contributed by atoms with van der Waals surface area (Å²) in [5, 5.41) is 2.66. The third-order valence-corrected chi connectivity index (χ3v) is 2.55. The topological polar surface area (TPSA) is 84.9 Å². The van der Waals surface area contributed by atoms with Gasteiger partial charge in [0.2, 0.25) is 5.91 Å². The Hall–Kier alpha value is -1.63. The molecule has 0 radical (unpaired) electrons. The molecule has 1 heterocycles. The highest BCUT2D eigenvalue weighted by Gasteiger charge is 2.37. The number of carbonyl (C=O) groups is 3. The molecule has 0 spiro atoms. The average Bonchev–Trinajstić information content (AvgIpc) is 2.68. The molecule has 1 saturated heterocycles. The van der Waals surface area contributed by atoms with E-state index in [1.54, 1.807) is 14.0 Å². The SMILES string of the molecule is CCOC(=O)N1C(=O)CC[C@H]1COC(=O)CNC. The number of likely N-dealkylation sites (tertiary alicyclic amines) is 1. The van der Waals surface area contributed by atoms with E-state index in [1.807, 2.05) is 0 Å². The maximum absolute atomic E-state index is 11.6. The zero-order chi connectivity index (χ0) is 13.5. The Morgan fingerprint density at radius 3 is 2.78 bits per heavy atom. The van der Waals surface area contributed by atoms with Crippen molar-refractivity contribution in [3.05, 3.63) is 0 Å². The summed E-state index contributed by atoms with van der Waals surface area (Å²) in [6.45, 7) is 1.99. The lowest BCUT2D eigenvalue weighted by Crippen LogP contribution is -2.42. The van der Waals surface area contributed by atoms with Crippen molar-refractivity contribution in [1.82, 2.24) is 10.2 Å². The second-order valence-corrected chi connectivity index (χ2v) is 3.87. The highest BCUT2D eigenvalue weighted by atomic mass is 16.6. The molecule has 0 aromatic heterocycles. The fourth-order valence-electron chi connectivity index (χ4n) is 1.73.